The van der Waals surface area contributed by atoms with E-state index in [0.29, 0.717) is 45.2 Å². The number of para-hydroxylation sites is 1. The normalized spacial score (nSPS) is 20.2. The molecular weight excluding hydrogens is 522 g/mol. The molecule has 3 aromatic rings. The Hall–Kier alpha value is -4.18. The van der Waals surface area contributed by atoms with Gasteiger partial charge in [0.15, 0.2) is 0 Å². The number of fused-ring (bicyclic) bond motifs is 1. The number of hydrogen-bond donors (Lipinski definition) is 4. The van der Waals surface area contributed by atoms with E-state index < -0.39 is 30.1 Å². The number of carbonyl (C=O) groups is 4. The van der Waals surface area contributed by atoms with E-state index in [1.165, 1.54) is 9.80 Å². The number of carboxylic acids is 1. The SMILES string of the molecule is N[C@H](CC(=O)N[C@@H](Cc1c[nH]c2ccccc12)C(=O)N1CCC[C@H]1C(=O)N1CCC[C@H]1C(=O)O)Cc1ccccc1. The molecule has 2 saturated heterocycles. The van der Waals surface area contributed by atoms with E-state index in [2.05, 4.69) is 10.3 Å². The second kappa shape index (κ2) is 12.6. The van der Waals surface area contributed by atoms with Gasteiger partial charge in [-0.15, -0.1) is 0 Å². The molecule has 0 bridgehead atoms. The average Bonchev–Trinajstić information content (AvgIpc) is 3.72. The number of likely N-dealkylation sites (tertiary alicyclic amines) is 2. The number of aromatic nitrogens is 1. The molecule has 3 amide bonds. The van der Waals surface area contributed by atoms with Crippen molar-refractivity contribution < 1.29 is 24.3 Å². The molecule has 10 heteroatoms. The Bertz CT molecular complexity index is 1410. The zero-order valence-corrected chi connectivity index (χ0v) is 23.0. The quantitative estimate of drug-likeness (QED) is 0.299. The summed E-state index contributed by atoms with van der Waals surface area (Å²) in [5.41, 5.74) is 9.13. The van der Waals surface area contributed by atoms with Gasteiger partial charge in [0.05, 0.1) is 0 Å². The molecule has 10 nitrogen and oxygen atoms in total. The number of carboxylic acid groups (broad SMARTS) is 1. The van der Waals surface area contributed by atoms with E-state index in [4.69, 9.17) is 5.73 Å². The second-order valence-electron chi connectivity index (χ2n) is 11.1. The van der Waals surface area contributed by atoms with Crippen LogP contribution < -0.4 is 11.1 Å². The first-order valence-electron chi connectivity index (χ1n) is 14.3. The molecule has 2 aromatic carbocycles. The first-order chi connectivity index (χ1) is 19.8. The molecule has 4 atom stereocenters. The zero-order chi connectivity index (χ0) is 28.9. The van der Waals surface area contributed by atoms with Crippen LogP contribution >= 0.6 is 0 Å². The Morgan fingerprint density at radius 2 is 1.61 bits per heavy atom. The van der Waals surface area contributed by atoms with Gasteiger partial charge in [0.25, 0.3) is 0 Å². The number of nitrogens with zero attached hydrogens (tertiary/aromatic N) is 2. The number of nitrogens with two attached hydrogens (primary N) is 1. The van der Waals surface area contributed by atoms with Crippen LogP contribution in [0.1, 0.15) is 43.2 Å². The van der Waals surface area contributed by atoms with Crippen molar-refractivity contribution in [1.82, 2.24) is 20.1 Å². The predicted molar refractivity (Wildman–Crippen MR) is 154 cm³/mol. The van der Waals surface area contributed by atoms with Gasteiger partial charge in [-0.05, 0) is 49.3 Å². The molecule has 3 heterocycles. The summed E-state index contributed by atoms with van der Waals surface area (Å²) in [7, 11) is 0. The lowest BCUT2D eigenvalue weighted by Gasteiger charge is -2.32. The summed E-state index contributed by atoms with van der Waals surface area (Å²) in [5.74, 6) is -2.03. The van der Waals surface area contributed by atoms with Crippen LogP contribution in [0.2, 0.25) is 0 Å². The number of aliphatic carboxylic acids is 1. The molecule has 2 fully saturated rings. The lowest BCUT2D eigenvalue weighted by atomic mass is 10.0. The van der Waals surface area contributed by atoms with Gasteiger partial charge in [-0.3, -0.25) is 14.4 Å². The molecule has 0 saturated carbocycles. The Kier molecular flexibility index (Phi) is 8.68. The summed E-state index contributed by atoms with van der Waals surface area (Å²) >= 11 is 0. The third-order valence-corrected chi connectivity index (χ3v) is 8.16. The molecule has 5 N–H and O–H groups in total. The molecule has 5 rings (SSSR count). The molecule has 2 aliphatic rings. The maximum absolute atomic E-state index is 14.0. The lowest BCUT2D eigenvalue weighted by Crippen LogP contribution is -2.56. The van der Waals surface area contributed by atoms with Gasteiger partial charge < -0.3 is 30.9 Å². The first kappa shape index (κ1) is 28.4. The van der Waals surface area contributed by atoms with E-state index in [1.54, 1.807) is 0 Å². The fourth-order valence-electron chi connectivity index (χ4n) is 6.17. The van der Waals surface area contributed by atoms with E-state index in [0.717, 1.165) is 22.0 Å². The number of amides is 3. The fourth-order valence-corrected chi connectivity index (χ4v) is 6.17. The van der Waals surface area contributed by atoms with Crippen LogP contribution in [0, 0.1) is 0 Å². The van der Waals surface area contributed by atoms with Crippen LogP contribution in [0.25, 0.3) is 10.9 Å². The predicted octanol–water partition coefficient (Wildman–Crippen LogP) is 2.22. The third kappa shape index (κ3) is 6.43. The average molecular weight is 560 g/mol. The van der Waals surface area contributed by atoms with Gasteiger partial charge in [-0.25, -0.2) is 4.79 Å². The van der Waals surface area contributed by atoms with Crippen molar-refractivity contribution in [3.05, 3.63) is 71.9 Å². The molecule has 0 unspecified atom stereocenters. The lowest BCUT2D eigenvalue weighted by molar-refractivity contribution is -0.152. The van der Waals surface area contributed by atoms with Crippen molar-refractivity contribution in [2.45, 2.75) is 69.1 Å². The van der Waals surface area contributed by atoms with Crippen molar-refractivity contribution in [3.8, 4) is 0 Å². The molecule has 0 spiro atoms. The smallest absolute Gasteiger partial charge is 0.326 e. The monoisotopic (exact) mass is 559 g/mol. The van der Waals surface area contributed by atoms with Crippen LogP contribution in [0.4, 0.5) is 0 Å². The van der Waals surface area contributed by atoms with Crippen molar-refractivity contribution in [2.24, 2.45) is 5.73 Å². The van der Waals surface area contributed by atoms with Crippen molar-refractivity contribution in [2.75, 3.05) is 13.1 Å². The summed E-state index contributed by atoms with van der Waals surface area (Å²) < 4.78 is 0. The number of nitrogens with one attached hydrogen (secondary N) is 2. The third-order valence-electron chi connectivity index (χ3n) is 8.16. The van der Waals surface area contributed by atoms with Gasteiger partial charge in [-0.1, -0.05) is 48.5 Å². The summed E-state index contributed by atoms with van der Waals surface area (Å²) in [6.45, 7) is 0.734. The molecule has 41 heavy (non-hydrogen) atoms. The van der Waals surface area contributed by atoms with Crippen molar-refractivity contribution in [1.29, 1.82) is 0 Å². The highest BCUT2D eigenvalue weighted by atomic mass is 16.4. The number of rotatable bonds is 10. The van der Waals surface area contributed by atoms with Gasteiger partial charge in [0.1, 0.15) is 18.1 Å². The number of hydrogen-bond acceptors (Lipinski definition) is 5. The highest BCUT2D eigenvalue weighted by Crippen LogP contribution is 2.27. The maximum Gasteiger partial charge on any atom is 0.326 e. The Balaban J connectivity index is 1.34. The maximum atomic E-state index is 14.0. The van der Waals surface area contributed by atoms with E-state index >= 15 is 0 Å². The minimum absolute atomic E-state index is 0.0446. The van der Waals surface area contributed by atoms with Crippen LogP contribution in [0.3, 0.4) is 0 Å². The van der Waals surface area contributed by atoms with Crippen LogP contribution in [0.15, 0.2) is 60.8 Å². The Labute approximate surface area is 238 Å². The number of H-pyrrole nitrogens is 1. The fraction of sp³-hybridized carbons (Fsp3) is 0.419. The standard InChI is InChI=1S/C31H37N5O5/c32-22(16-20-8-2-1-3-9-20)18-28(37)34-25(17-21-19-33-24-11-5-4-10-23(21)24)29(38)35-14-6-12-26(35)30(39)36-15-7-13-27(36)31(40)41/h1-5,8-11,19,22,25-27,33H,6-7,12-18,32H2,(H,34,37)(H,40,41)/t22-,25-,26-,27-/m0/s1. The number of aromatic amines is 1. The van der Waals surface area contributed by atoms with E-state index in [1.807, 2.05) is 60.8 Å². The summed E-state index contributed by atoms with van der Waals surface area (Å²) in [6, 6.07) is 14.5. The summed E-state index contributed by atoms with van der Waals surface area (Å²) in [6.07, 6.45) is 4.76. The topological polar surface area (TPSA) is 149 Å². The van der Waals surface area contributed by atoms with E-state index in [-0.39, 0.29) is 30.6 Å². The van der Waals surface area contributed by atoms with Crippen LogP contribution in [-0.2, 0) is 32.0 Å². The molecule has 216 valence electrons. The van der Waals surface area contributed by atoms with Crippen molar-refractivity contribution in [3.63, 3.8) is 0 Å². The number of benzene rings is 2. The van der Waals surface area contributed by atoms with Crippen LogP contribution in [0.5, 0.6) is 0 Å². The molecule has 1 aromatic heterocycles. The highest BCUT2D eigenvalue weighted by Gasteiger charge is 2.43. The molecule has 2 aliphatic heterocycles. The van der Waals surface area contributed by atoms with Gasteiger partial charge in [-0.2, -0.15) is 0 Å². The number of carbonyl (C=O) groups excluding carboxylic acids is 3. The molecule has 0 radical (unpaired) electrons. The Morgan fingerprint density at radius 3 is 2.37 bits per heavy atom. The zero-order valence-electron chi connectivity index (χ0n) is 23.0. The van der Waals surface area contributed by atoms with Gasteiger partial charge >= 0.3 is 5.97 Å². The first-order valence-corrected chi connectivity index (χ1v) is 14.3. The highest BCUT2D eigenvalue weighted by molar-refractivity contribution is 5.95. The summed E-state index contributed by atoms with van der Waals surface area (Å²) in [5, 5.41) is 13.5. The molecular formula is C31H37N5O5. The Morgan fingerprint density at radius 1 is 0.927 bits per heavy atom. The van der Waals surface area contributed by atoms with Crippen molar-refractivity contribution >= 4 is 34.6 Å². The second-order valence-corrected chi connectivity index (χ2v) is 11.1. The van der Waals surface area contributed by atoms with Gasteiger partial charge in [0.2, 0.25) is 17.7 Å². The minimum Gasteiger partial charge on any atom is -0.480 e. The largest absolute Gasteiger partial charge is 0.480 e. The summed E-state index contributed by atoms with van der Waals surface area (Å²) in [4.78, 5) is 58.6. The molecule has 0 aliphatic carbocycles. The van der Waals surface area contributed by atoms with E-state index in [9.17, 15) is 24.3 Å². The van der Waals surface area contributed by atoms with Gasteiger partial charge in [0, 0.05) is 49.1 Å². The van der Waals surface area contributed by atoms with Crippen LogP contribution in [-0.4, -0.2) is 80.8 Å². The minimum atomic E-state index is -1.02.